The highest BCUT2D eigenvalue weighted by molar-refractivity contribution is 8.00. The fraction of sp³-hybridized carbons (Fsp3) is 0.609. The number of ether oxygens (including phenoxy) is 1. The molecule has 5 heteroatoms. The molecule has 0 aromatic heterocycles. The summed E-state index contributed by atoms with van der Waals surface area (Å²) in [5.74, 6) is 25.0. The number of thioether (sulfide) groups is 1. The number of hydrogen-bond acceptors (Lipinski definition) is 4. The van der Waals surface area contributed by atoms with E-state index in [1.54, 1.807) is 0 Å². The van der Waals surface area contributed by atoms with E-state index in [4.69, 9.17) is 9.84 Å². The number of hydrogen-bond donors (Lipinski definition) is 2. The maximum Gasteiger partial charge on any atom is 0.230 e. The van der Waals surface area contributed by atoms with E-state index in [0.717, 1.165) is 6.42 Å². The van der Waals surface area contributed by atoms with Crippen LogP contribution in [0.3, 0.4) is 0 Å². The van der Waals surface area contributed by atoms with Crippen molar-refractivity contribution in [3.05, 3.63) is 0 Å². The minimum absolute atomic E-state index is 0.00526. The number of carbonyl (C=O) groups is 1. The molecule has 0 aromatic carbocycles. The zero-order valence-electron chi connectivity index (χ0n) is 16.9. The van der Waals surface area contributed by atoms with Crippen molar-refractivity contribution in [2.45, 2.75) is 51.9 Å². The van der Waals surface area contributed by atoms with Crippen molar-refractivity contribution >= 4 is 17.7 Å². The molecule has 0 unspecified atom stereocenters. The van der Waals surface area contributed by atoms with Crippen LogP contribution in [0, 0.1) is 47.4 Å². The molecule has 0 bridgehead atoms. The van der Waals surface area contributed by atoms with Crippen LogP contribution in [0.5, 0.6) is 0 Å². The molecule has 0 aliphatic carbocycles. The Hall–Kier alpha value is -2.02. The van der Waals surface area contributed by atoms with Gasteiger partial charge in [0.05, 0.1) is 50.6 Å². The molecular weight excluding hydrogens is 370 g/mol. The first kappa shape index (κ1) is 26.0. The summed E-state index contributed by atoms with van der Waals surface area (Å²) in [5.41, 5.74) is 0. The zero-order valence-corrected chi connectivity index (χ0v) is 17.7. The summed E-state index contributed by atoms with van der Waals surface area (Å²) in [6, 6.07) is 0. The predicted octanol–water partition coefficient (Wildman–Crippen LogP) is 2.61. The topological polar surface area (TPSA) is 58.6 Å². The number of aliphatic hydroxyl groups excluding tert-OH is 1. The van der Waals surface area contributed by atoms with Gasteiger partial charge in [-0.15, -0.1) is 17.7 Å². The van der Waals surface area contributed by atoms with Crippen LogP contribution in [0.4, 0.5) is 0 Å². The van der Waals surface area contributed by atoms with Gasteiger partial charge in [-0.3, -0.25) is 4.79 Å². The summed E-state index contributed by atoms with van der Waals surface area (Å²) < 4.78 is 5.05. The van der Waals surface area contributed by atoms with Gasteiger partial charge in [0, 0.05) is 13.0 Å². The molecule has 0 aliphatic rings. The van der Waals surface area contributed by atoms with E-state index in [0.29, 0.717) is 50.5 Å². The van der Waals surface area contributed by atoms with Crippen LogP contribution in [-0.4, -0.2) is 48.9 Å². The summed E-state index contributed by atoms with van der Waals surface area (Å²) in [6.45, 7) is 3.34. The van der Waals surface area contributed by atoms with Gasteiger partial charge in [0.1, 0.15) is 0 Å². The van der Waals surface area contributed by atoms with Gasteiger partial charge >= 0.3 is 0 Å². The zero-order chi connectivity index (χ0) is 20.5. The Kier molecular flexibility index (Phi) is 21.4. The van der Waals surface area contributed by atoms with Gasteiger partial charge in [0.15, 0.2) is 0 Å². The first-order valence-electron chi connectivity index (χ1n) is 9.67. The second-order valence-corrected chi connectivity index (χ2v) is 6.57. The quantitative estimate of drug-likeness (QED) is 0.413. The second kappa shape index (κ2) is 23.0. The molecule has 0 fully saturated rings. The van der Waals surface area contributed by atoms with Gasteiger partial charge in [0.25, 0.3) is 0 Å². The molecule has 4 nitrogen and oxygen atoms in total. The number of aliphatic hydroxyl groups is 1. The molecule has 0 rings (SSSR count). The average Bonchev–Trinajstić information content (AvgIpc) is 2.70. The number of unbranched alkanes of at least 4 members (excludes halogenated alkanes) is 3. The van der Waals surface area contributed by atoms with Crippen molar-refractivity contribution in [3.8, 4) is 47.4 Å². The van der Waals surface area contributed by atoms with E-state index in [2.05, 4.69) is 59.6 Å². The Bertz CT molecular complexity index is 644. The molecule has 152 valence electrons. The van der Waals surface area contributed by atoms with Crippen molar-refractivity contribution in [2.75, 3.05) is 37.9 Å². The highest BCUT2D eigenvalue weighted by atomic mass is 32.2. The lowest BCUT2D eigenvalue weighted by molar-refractivity contribution is -0.118. The molecule has 0 atom stereocenters. The first-order chi connectivity index (χ1) is 13.8. The third kappa shape index (κ3) is 22.0. The molecule has 0 radical (unpaired) electrons. The SMILES string of the molecule is CCCCCC#CCC#CCC#CCC#CCSCC(=O)NCCOCCO. The highest BCUT2D eigenvalue weighted by Gasteiger charge is 1.99. The molecule has 0 aliphatic heterocycles. The minimum atomic E-state index is -0.0385. The monoisotopic (exact) mass is 401 g/mol. The average molecular weight is 402 g/mol. The van der Waals surface area contributed by atoms with Crippen molar-refractivity contribution in [1.82, 2.24) is 5.32 Å². The Morgan fingerprint density at radius 2 is 1.57 bits per heavy atom. The van der Waals surface area contributed by atoms with Crippen molar-refractivity contribution in [2.24, 2.45) is 0 Å². The van der Waals surface area contributed by atoms with Crippen LogP contribution < -0.4 is 5.32 Å². The van der Waals surface area contributed by atoms with Crippen LogP contribution in [0.25, 0.3) is 0 Å². The number of rotatable bonds is 11. The van der Waals surface area contributed by atoms with Crippen molar-refractivity contribution < 1.29 is 14.6 Å². The second-order valence-electron chi connectivity index (χ2n) is 5.58. The third-order valence-electron chi connectivity index (χ3n) is 3.15. The van der Waals surface area contributed by atoms with E-state index in [9.17, 15) is 4.79 Å². The van der Waals surface area contributed by atoms with Gasteiger partial charge in [-0.05, 0) is 6.42 Å². The lowest BCUT2D eigenvalue weighted by atomic mass is 10.2. The molecule has 0 heterocycles. The van der Waals surface area contributed by atoms with Gasteiger partial charge in [-0.1, -0.05) is 61.2 Å². The fourth-order valence-corrected chi connectivity index (χ4v) is 2.38. The number of carbonyl (C=O) groups excluding carboxylic acids is 1. The van der Waals surface area contributed by atoms with Gasteiger partial charge < -0.3 is 15.2 Å². The summed E-state index contributed by atoms with van der Waals surface area (Å²) in [6.07, 6.45) is 6.31. The van der Waals surface area contributed by atoms with Crippen molar-refractivity contribution in [1.29, 1.82) is 0 Å². The molecule has 0 spiro atoms. The standard InChI is InChI=1S/C23H31NO3S/c1-2-3-4-5-6-7-8-9-10-11-12-13-14-15-16-21-28-22-23(26)24-17-19-27-20-18-25/h25H,2-5,8,11,14,17-22H2,1H3,(H,24,26). The van der Waals surface area contributed by atoms with Crippen LogP contribution in [-0.2, 0) is 9.53 Å². The maximum absolute atomic E-state index is 11.5. The van der Waals surface area contributed by atoms with Crippen molar-refractivity contribution in [3.63, 3.8) is 0 Å². The third-order valence-corrected chi connectivity index (χ3v) is 3.96. The summed E-state index contributed by atoms with van der Waals surface area (Å²) in [4.78, 5) is 11.5. The van der Waals surface area contributed by atoms with Crippen LogP contribution in [0.15, 0.2) is 0 Å². The Labute approximate surface area is 175 Å². The lowest BCUT2D eigenvalue weighted by Crippen LogP contribution is -2.29. The molecule has 0 saturated carbocycles. The molecule has 28 heavy (non-hydrogen) atoms. The molecular formula is C23H31NO3S. The van der Waals surface area contributed by atoms with Gasteiger partial charge in [-0.2, -0.15) is 0 Å². The van der Waals surface area contributed by atoms with E-state index >= 15 is 0 Å². The molecule has 0 saturated heterocycles. The summed E-state index contributed by atoms with van der Waals surface area (Å²) in [5, 5.41) is 11.3. The Morgan fingerprint density at radius 1 is 0.929 bits per heavy atom. The Morgan fingerprint density at radius 3 is 2.21 bits per heavy atom. The van der Waals surface area contributed by atoms with E-state index in [1.807, 2.05) is 0 Å². The summed E-state index contributed by atoms with van der Waals surface area (Å²) in [7, 11) is 0. The number of amides is 1. The highest BCUT2D eigenvalue weighted by Crippen LogP contribution is 1.97. The Balaban J connectivity index is 3.58. The smallest absolute Gasteiger partial charge is 0.230 e. The molecule has 0 aromatic rings. The first-order valence-corrected chi connectivity index (χ1v) is 10.8. The van der Waals surface area contributed by atoms with Gasteiger partial charge in [-0.25, -0.2) is 0 Å². The van der Waals surface area contributed by atoms with Crippen LogP contribution >= 0.6 is 11.8 Å². The fourth-order valence-electron chi connectivity index (χ4n) is 1.79. The predicted molar refractivity (Wildman–Crippen MR) is 117 cm³/mol. The largest absolute Gasteiger partial charge is 0.394 e. The lowest BCUT2D eigenvalue weighted by Gasteiger charge is -2.04. The van der Waals surface area contributed by atoms with E-state index < -0.39 is 0 Å². The molecule has 2 N–H and O–H groups in total. The van der Waals surface area contributed by atoms with Crippen LogP contribution in [0.1, 0.15) is 51.9 Å². The van der Waals surface area contributed by atoms with E-state index in [-0.39, 0.29) is 12.5 Å². The number of nitrogens with one attached hydrogen (secondary N) is 1. The maximum atomic E-state index is 11.5. The molecule has 1 amide bonds. The minimum Gasteiger partial charge on any atom is -0.394 e. The van der Waals surface area contributed by atoms with Gasteiger partial charge in [0.2, 0.25) is 5.91 Å². The van der Waals surface area contributed by atoms with E-state index in [1.165, 1.54) is 31.0 Å². The van der Waals surface area contributed by atoms with Crippen LogP contribution in [0.2, 0.25) is 0 Å². The normalized spacial score (nSPS) is 8.79. The summed E-state index contributed by atoms with van der Waals surface area (Å²) >= 11 is 1.47.